The average molecular weight is 513 g/mol. The summed E-state index contributed by atoms with van der Waals surface area (Å²) in [5.74, 6) is 0.183. The lowest BCUT2D eigenvalue weighted by atomic mass is 10.1. The van der Waals surface area contributed by atoms with Crippen LogP contribution in [0.1, 0.15) is 51.1 Å². The van der Waals surface area contributed by atoms with E-state index < -0.39 is 11.9 Å². The molecule has 190 valence electrons. The number of aryl methyl sites for hydroxylation is 1. The summed E-state index contributed by atoms with van der Waals surface area (Å²) in [5, 5.41) is 25.8. The first-order valence-electron chi connectivity index (χ1n) is 11.6. The number of esters is 1. The van der Waals surface area contributed by atoms with Crippen LogP contribution < -0.4 is 15.5 Å². The van der Waals surface area contributed by atoms with Gasteiger partial charge >= 0.3 is 11.9 Å². The third kappa shape index (κ3) is 6.26. The number of nitrogens with zero attached hydrogens (tertiary/aromatic N) is 4. The summed E-state index contributed by atoms with van der Waals surface area (Å²) >= 11 is 1.17. The van der Waals surface area contributed by atoms with E-state index in [1.54, 1.807) is 38.1 Å². The van der Waals surface area contributed by atoms with Crippen LogP contribution in [0.2, 0.25) is 0 Å². The van der Waals surface area contributed by atoms with Crippen LogP contribution in [0.3, 0.4) is 0 Å². The van der Waals surface area contributed by atoms with E-state index in [1.807, 2.05) is 6.07 Å². The molecule has 0 atom stereocenters. The fraction of sp³-hybridized carbons (Fsp3) is 0.375. The highest BCUT2D eigenvalue weighted by Crippen LogP contribution is 2.28. The minimum atomic E-state index is -0.971. The first-order chi connectivity index (χ1) is 17.3. The maximum Gasteiger partial charge on any atom is 0.350 e. The minimum Gasteiger partial charge on any atom is -0.478 e. The molecule has 0 saturated carbocycles. The highest BCUT2D eigenvalue weighted by atomic mass is 32.1. The van der Waals surface area contributed by atoms with Crippen molar-refractivity contribution in [3.63, 3.8) is 0 Å². The third-order valence-electron chi connectivity index (χ3n) is 5.65. The molecule has 2 aromatic heterocycles. The van der Waals surface area contributed by atoms with Crippen LogP contribution in [0.5, 0.6) is 0 Å². The second-order valence-corrected chi connectivity index (χ2v) is 9.29. The molecule has 11 nitrogen and oxygen atoms in total. The number of carboxylic acid groups (broad SMARTS) is 1. The van der Waals surface area contributed by atoms with E-state index in [-0.39, 0.29) is 18.3 Å². The Morgan fingerprint density at radius 3 is 2.56 bits per heavy atom. The minimum absolute atomic E-state index is 0.225. The number of ether oxygens (including phenoxy) is 1. The molecule has 1 saturated heterocycles. The molecule has 1 fully saturated rings. The standard InChI is InChI=1S/C24H28N6O5S/c1-3-35-22(34)20-14(2)26-24(36-20)29-23-27-18(12-19(28-23)30-10-8-17(31)9-11-30)25-13-15-4-6-16(7-5-15)21(32)33/h4-7,12,17,31H,3,8-11,13H2,1-2H3,(H,32,33)(H2,25,26,27,28,29). The van der Waals surface area contributed by atoms with Gasteiger partial charge in [-0.2, -0.15) is 9.97 Å². The van der Waals surface area contributed by atoms with Gasteiger partial charge in [0.2, 0.25) is 5.95 Å². The molecule has 12 heteroatoms. The molecule has 0 bridgehead atoms. The van der Waals surface area contributed by atoms with Crippen LogP contribution in [0.15, 0.2) is 30.3 Å². The van der Waals surface area contributed by atoms with Crippen LogP contribution in [-0.2, 0) is 11.3 Å². The van der Waals surface area contributed by atoms with Crippen molar-refractivity contribution in [2.24, 2.45) is 0 Å². The summed E-state index contributed by atoms with van der Waals surface area (Å²) in [4.78, 5) is 39.4. The van der Waals surface area contributed by atoms with Crippen molar-refractivity contribution in [3.8, 4) is 0 Å². The summed E-state index contributed by atoms with van der Waals surface area (Å²) in [6.07, 6.45) is 0.992. The van der Waals surface area contributed by atoms with Crippen LogP contribution >= 0.6 is 11.3 Å². The van der Waals surface area contributed by atoms with Crippen molar-refractivity contribution in [1.82, 2.24) is 15.0 Å². The average Bonchev–Trinajstić information content (AvgIpc) is 3.23. The van der Waals surface area contributed by atoms with E-state index >= 15 is 0 Å². The Morgan fingerprint density at radius 1 is 1.17 bits per heavy atom. The summed E-state index contributed by atoms with van der Waals surface area (Å²) in [6.45, 7) is 5.53. The van der Waals surface area contributed by atoms with E-state index in [2.05, 4.69) is 30.5 Å². The zero-order valence-corrected chi connectivity index (χ0v) is 20.8. The molecule has 0 radical (unpaired) electrons. The Morgan fingerprint density at radius 2 is 1.89 bits per heavy atom. The third-order valence-corrected chi connectivity index (χ3v) is 6.70. The van der Waals surface area contributed by atoms with E-state index in [0.29, 0.717) is 65.8 Å². The number of anilines is 4. The van der Waals surface area contributed by atoms with Gasteiger partial charge in [-0.3, -0.25) is 5.32 Å². The van der Waals surface area contributed by atoms with E-state index in [9.17, 15) is 14.7 Å². The summed E-state index contributed by atoms with van der Waals surface area (Å²) < 4.78 is 5.10. The SMILES string of the molecule is CCOC(=O)c1sc(Nc2nc(NCc3ccc(C(=O)O)cc3)cc(N3CCC(O)CC3)n2)nc1C. The number of piperidine rings is 1. The zero-order valence-electron chi connectivity index (χ0n) is 20.0. The Hall–Kier alpha value is -3.77. The normalized spacial score (nSPS) is 13.9. The lowest BCUT2D eigenvalue weighted by Crippen LogP contribution is -2.36. The van der Waals surface area contributed by atoms with Gasteiger partial charge in [-0.1, -0.05) is 23.5 Å². The molecule has 1 aliphatic heterocycles. The first kappa shape index (κ1) is 25.3. The molecule has 0 spiro atoms. The Kier molecular flexibility index (Phi) is 7.96. The lowest BCUT2D eigenvalue weighted by Gasteiger charge is -2.30. The van der Waals surface area contributed by atoms with Crippen molar-refractivity contribution < 1.29 is 24.5 Å². The zero-order chi connectivity index (χ0) is 25.7. The molecule has 3 heterocycles. The second kappa shape index (κ2) is 11.3. The van der Waals surface area contributed by atoms with Crippen LogP contribution in [0.4, 0.5) is 22.7 Å². The van der Waals surface area contributed by atoms with Crippen molar-refractivity contribution in [2.45, 2.75) is 39.3 Å². The number of carbonyl (C=O) groups is 2. The van der Waals surface area contributed by atoms with Gasteiger partial charge in [0.25, 0.3) is 0 Å². The number of benzene rings is 1. The smallest absolute Gasteiger partial charge is 0.350 e. The molecule has 3 aromatic rings. The van der Waals surface area contributed by atoms with Crippen molar-refractivity contribution in [3.05, 3.63) is 52.0 Å². The topological polar surface area (TPSA) is 150 Å². The monoisotopic (exact) mass is 512 g/mol. The van der Waals surface area contributed by atoms with Crippen molar-refractivity contribution >= 4 is 46.0 Å². The van der Waals surface area contributed by atoms with Gasteiger partial charge in [-0.05, 0) is 44.4 Å². The second-order valence-electron chi connectivity index (χ2n) is 8.29. The number of hydrogen-bond acceptors (Lipinski definition) is 11. The van der Waals surface area contributed by atoms with Crippen molar-refractivity contribution in [2.75, 3.05) is 35.2 Å². The summed E-state index contributed by atoms with van der Waals surface area (Å²) in [5.41, 5.74) is 1.68. The number of aliphatic hydroxyl groups excluding tert-OH is 1. The Balaban J connectivity index is 1.56. The van der Waals surface area contributed by atoms with Gasteiger partial charge in [0.1, 0.15) is 16.5 Å². The van der Waals surface area contributed by atoms with Gasteiger partial charge < -0.3 is 25.2 Å². The molecule has 0 amide bonds. The van der Waals surface area contributed by atoms with Crippen molar-refractivity contribution in [1.29, 1.82) is 0 Å². The number of hydrogen-bond donors (Lipinski definition) is 4. The Bertz CT molecular complexity index is 1220. The molecule has 4 N–H and O–H groups in total. The quantitative estimate of drug-likeness (QED) is 0.312. The number of thiazole rings is 1. The molecule has 1 aliphatic rings. The number of carboxylic acids is 1. The molecule has 1 aromatic carbocycles. The van der Waals surface area contributed by atoms with Gasteiger partial charge in [-0.25, -0.2) is 14.6 Å². The number of aromatic nitrogens is 3. The highest BCUT2D eigenvalue weighted by molar-refractivity contribution is 7.17. The lowest BCUT2D eigenvalue weighted by molar-refractivity contribution is 0.0530. The van der Waals surface area contributed by atoms with E-state index in [4.69, 9.17) is 9.84 Å². The fourth-order valence-corrected chi connectivity index (χ4v) is 4.58. The predicted octanol–water partition coefficient (Wildman–Crippen LogP) is 3.43. The molecular formula is C24H28N6O5S. The predicted molar refractivity (Wildman–Crippen MR) is 136 cm³/mol. The largest absolute Gasteiger partial charge is 0.478 e. The van der Waals surface area contributed by atoms with Gasteiger partial charge in [0.15, 0.2) is 5.13 Å². The molecule has 0 aliphatic carbocycles. The molecule has 4 rings (SSSR count). The van der Waals surface area contributed by atoms with Crippen LogP contribution in [0.25, 0.3) is 0 Å². The maximum atomic E-state index is 12.2. The van der Waals surface area contributed by atoms with Gasteiger partial charge in [0.05, 0.1) is 24.0 Å². The van der Waals surface area contributed by atoms with E-state index in [1.165, 1.54) is 11.3 Å². The molecule has 36 heavy (non-hydrogen) atoms. The number of rotatable bonds is 9. The van der Waals surface area contributed by atoms with Crippen LogP contribution in [0, 0.1) is 6.92 Å². The fourth-order valence-electron chi connectivity index (χ4n) is 3.73. The molecule has 0 unspecified atom stereocenters. The first-order valence-corrected chi connectivity index (χ1v) is 12.4. The maximum absolute atomic E-state index is 12.2. The summed E-state index contributed by atoms with van der Waals surface area (Å²) in [7, 11) is 0. The highest BCUT2D eigenvalue weighted by Gasteiger charge is 2.21. The number of aromatic carboxylic acids is 1. The number of carbonyl (C=O) groups excluding carboxylic acids is 1. The summed E-state index contributed by atoms with van der Waals surface area (Å²) in [6, 6.07) is 8.45. The number of nitrogens with one attached hydrogen (secondary N) is 2. The van der Waals surface area contributed by atoms with Crippen LogP contribution in [-0.4, -0.2) is 62.9 Å². The van der Waals surface area contributed by atoms with Gasteiger partial charge in [-0.15, -0.1) is 0 Å². The van der Waals surface area contributed by atoms with Gasteiger partial charge in [0, 0.05) is 25.7 Å². The molecular weight excluding hydrogens is 484 g/mol. The number of aliphatic hydroxyl groups is 1. The Labute approximate surface area is 212 Å². The van der Waals surface area contributed by atoms with E-state index in [0.717, 1.165) is 5.56 Å².